The molecule has 0 unspecified atom stereocenters. The lowest BCUT2D eigenvalue weighted by molar-refractivity contribution is -0.111. The van der Waals surface area contributed by atoms with Gasteiger partial charge >= 0.3 is 0 Å². The van der Waals surface area contributed by atoms with E-state index in [0.717, 1.165) is 5.56 Å². The second kappa shape index (κ2) is 10.2. The van der Waals surface area contributed by atoms with Crippen LogP contribution in [0.3, 0.4) is 0 Å². The summed E-state index contributed by atoms with van der Waals surface area (Å²) in [5.74, 6) is 0.559. The number of fused-ring (bicyclic) bond motifs is 1. The zero-order valence-electron chi connectivity index (χ0n) is 19.5. The number of anilines is 1. The first-order valence-corrected chi connectivity index (χ1v) is 11.4. The van der Waals surface area contributed by atoms with Crippen molar-refractivity contribution in [3.63, 3.8) is 0 Å². The summed E-state index contributed by atoms with van der Waals surface area (Å²) in [6.07, 6.45) is 2.92. The minimum atomic E-state index is -0.798. The summed E-state index contributed by atoms with van der Waals surface area (Å²) < 4.78 is 12.6. The van der Waals surface area contributed by atoms with Gasteiger partial charge in [-0.05, 0) is 29.3 Å². The van der Waals surface area contributed by atoms with Crippen molar-refractivity contribution in [2.24, 2.45) is 0 Å². The zero-order chi connectivity index (χ0) is 25.1. The summed E-state index contributed by atoms with van der Waals surface area (Å²) in [7, 11) is 1.59. The number of aliphatic hydroxyl groups is 2. The lowest BCUT2D eigenvalue weighted by atomic mass is 10.0. The number of carbonyl (C=O) groups is 1. The number of methoxy groups -OCH3 is 1. The van der Waals surface area contributed by atoms with Crippen LogP contribution >= 0.6 is 0 Å². The number of aliphatic hydroxyl groups excluding tert-OH is 2. The summed E-state index contributed by atoms with van der Waals surface area (Å²) in [4.78, 5) is 26.5. The Balaban J connectivity index is 1.47. The van der Waals surface area contributed by atoms with Crippen molar-refractivity contribution >= 4 is 34.5 Å². The van der Waals surface area contributed by atoms with Crippen LogP contribution < -0.4 is 10.1 Å². The Labute approximate surface area is 206 Å². The topological polar surface area (TPSA) is 132 Å². The van der Waals surface area contributed by atoms with Crippen molar-refractivity contribution in [2.45, 2.75) is 24.9 Å². The van der Waals surface area contributed by atoms with Crippen LogP contribution in [0.5, 0.6) is 5.75 Å². The third kappa shape index (κ3) is 4.69. The Bertz CT molecular complexity index is 1390. The Morgan fingerprint density at radius 1 is 1.17 bits per heavy atom. The summed E-state index contributed by atoms with van der Waals surface area (Å²) in [5.41, 5.74) is 2.82. The summed E-state index contributed by atoms with van der Waals surface area (Å²) in [6, 6.07) is 16.8. The molecule has 5 rings (SSSR count). The number of ether oxygens (including phenoxy) is 2. The monoisotopic (exact) mass is 487 g/mol. The molecule has 0 spiro atoms. The van der Waals surface area contributed by atoms with Crippen LogP contribution in [0.25, 0.3) is 22.8 Å². The van der Waals surface area contributed by atoms with E-state index in [1.54, 1.807) is 29.9 Å². The molecule has 1 aliphatic rings. The number of aromatic nitrogens is 4. The van der Waals surface area contributed by atoms with Gasteiger partial charge in [-0.2, -0.15) is 0 Å². The van der Waals surface area contributed by atoms with Crippen LogP contribution in [0, 0.1) is 0 Å². The molecule has 1 saturated heterocycles. The summed E-state index contributed by atoms with van der Waals surface area (Å²) in [6.45, 7) is -0.289. The van der Waals surface area contributed by atoms with E-state index in [1.165, 1.54) is 12.7 Å². The maximum atomic E-state index is 13.5. The lowest BCUT2D eigenvalue weighted by Gasteiger charge is -2.14. The molecule has 1 aliphatic heterocycles. The van der Waals surface area contributed by atoms with Gasteiger partial charge in [0.2, 0.25) is 0 Å². The molecule has 3 atom stereocenters. The molecule has 10 nitrogen and oxygen atoms in total. The van der Waals surface area contributed by atoms with Gasteiger partial charge in [0.05, 0.1) is 26.1 Å². The van der Waals surface area contributed by atoms with Gasteiger partial charge in [0.1, 0.15) is 24.4 Å². The van der Waals surface area contributed by atoms with Gasteiger partial charge in [-0.1, -0.05) is 42.5 Å². The smallest absolute Gasteiger partial charge is 0.257 e. The Morgan fingerprint density at radius 2 is 1.94 bits per heavy atom. The van der Waals surface area contributed by atoms with Crippen molar-refractivity contribution < 1.29 is 24.5 Å². The van der Waals surface area contributed by atoms with Crippen molar-refractivity contribution in [2.75, 3.05) is 19.0 Å². The molecule has 3 heterocycles. The average Bonchev–Trinajstić information content (AvgIpc) is 3.51. The van der Waals surface area contributed by atoms with E-state index in [9.17, 15) is 15.0 Å². The first-order chi connectivity index (χ1) is 17.6. The van der Waals surface area contributed by atoms with Gasteiger partial charge in [-0.15, -0.1) is 0 Å². The highest BCUT2D eigenvalue weighted by Gasteiger charge is 2.35. The first kappa shape index (κ1) is 23.6. The number of hydrogen-bond donors (Lipinski definition) is 3. The fourth-order valence-electron chi connectivity index (χ4n) is 4.15. The summed E-state index contributed by atoms with van der Waals surface area (Å²) >= 11 is 0. The molecule has 1 fully saturated rings. The molecule has 36 heavy (non-hydrogen) atoms. The fraction of sp³-hybridized carbons (Fsp3) is 0.231. The number of carbonyl (C=O) groups excluding carboxylic acids is 1. The molecule has 0 aliphatic carbocycles. The maximum Gasteiger partial charge on any atom is 0.257 e. The highest BCUT2D eigenvalue weighted by Crippen LogP contribution is 2.32. The normalized spacial score (nSPS) is 20.0. The second-order valence-corrected chi connectivity index (χ2v) is 8.31. The first-order valence-electron chi connectivity index (χ1n) is 11.4. The molecule has 0 radical (unpaired) electrons. The molecule has 2 aromatic heterocycles. The molecule has 0 saturated carbocycles. The highest BCUT2D eigenvalue weighted by atomic mass is 16.5. The lowest BCUT2D eigenvalue weighted by Crippen LogP contribution is -2.24. The van der Waals surface area contributed by atoms with Crippen LogP contribution in [0.2, 0.25) is 0 Å². The third-order valence-corrected chi connectivity index (χ3v) is 6.04. The standard InChI is InChI=1S/C26H25N5O5/c1-35-18-9-7-17(8-10-18)19(11-16-5-3-2-4-6-16)26(34)30-24-23-25(28-14-27-24)31(15-29-23)22-12-20(33)21(13-32)36-22/h2-11,14-15,20-22,32-33H,12-13H2,1H3,(H,27,28,30,34)/b19-11+/t20-,21+,22+/m0/s1. The van der Waals surface area contributed by atoms with Crippen molar-refractivity contribution in [3.05, 3.63) is 78.4 Å². The molecule has 184 valence electrons. The molecule has 1 amide bonds. The van der Waals surface area contributed by atoms with Crippen LogP contribution in [0.15, 0.2) is 67.3 Å². The van der Waals surface area contributed by atoms with E-state index >= 15 is 0 Å². The Morgan fingerprint density at radius 3 is 2.64 bits per heavy atom. The highest BCUT2D eigenvalue weighted by molar-refractivity contribution is 6.29. The van der Waals surface area contributed by atoms with Crippen molar-refractivity contribution in [1.82, 2.24) is 19.5 Å². The number of hydrogen-bond acceptors (Lipinski definition) is 8. The molecule has 3 N–H and O–H groups in total. The number of nitrogens with one attached hydrogen (secondary N) is 1. The van der Waals surface area contributed by atoms with Gasteiger partial charge in [0.25, 0.3) is 5.91 Å². The predicted molar refractivity (Wildman–Crippen MR) is 133 cm³/mol. The summed E-state index contributed by atoms with van der Waals surface area (Å²) in [5, 5.41) is 22.4. The van der Waals surface area contributed by atoms with Crippen LogP contribution in [0.4, 0.5) is 5.82 Å². The minimum absolute atomic E-state index is 0.244. The van der Waals surface area contributed by atoms with E-state index < -0.39 is 18.4 Å². The van der Waals surface area contributed by atoms with Crippen molar-refractivity contribution in [3.8, 4) is 5.75 Å². The quantitative estimate of drug-likeness (QED) is 0.268. The number of nitrogens with zero attached hydrogens (tertiary/aromatic N) is 4. The number of imidazole rings is 1. The Hall–Kier alpha value is -4.12. The molecule has 10 heteroatoms. The minimum Gasteiger partial charge on any atom is -0.497 e. The molecular weight excluding hydrogens is 462 g/mol. The van der Waals surface area contributed by atoms with E-state index in [0.29, 0.717) is 28.0 Å². The van der Waals surface area contributed by atoms with Gasteiger partial charge in [0, 0.05) is 12.0 Å². The van der Waals surface area contributed by atoms with Crippen LogP contribution in [-0.4, -0.2) is 61.6 Å². The van der Waals surface area contributed by atoms with E-state index in [-0.39, 0.29) is 24.8 Å². The van der Waals surface area contributed by atoms with Gasteiger partial charge < -0.3 is 25.0 Å². The molecule has 0 bridgehead atoms. The second-order valence-electron chi connectivity index (χ2n) is 8.31. The zero-order valence-corrected chi connectivity index (χ0v) is 19.5. The molecule has 2 aromatic carbocycles. The number of rotatable bonds is 7. The number of amides is 1. The van der Waals surface area contributed by atoms with Gasteiger partial charge in [0.15, 0.2) is 17.0 Å². The largest absolute Gasteiger partial charge is 0.497 e. The van der Waals surface area contributed by atoms with Crippen LogP contribution in [-0.2, 0) is 9.53 Å². The number of benzene rings is 2. The van der Waals surface area contributed by atoms with E-state index in [4.69, 9.17) is 9.47 Å². The molecule has 4 aromatic rings. The SMILES string of the molecule is COc1ccc(/C(=C\c2ccccc2)C(=O)Nc2ncnc3c2ncn3[C@H]2C[C@H](O)[C@@H](CO)O2)cc1. The molecular formula is C26H25N5O5. The maximum absolute atomic E-state index is 13.5. The average molecular weight is 488 g/mol. The third-order valence-electron chi connectivity index (χ3n) is 6.04. The van der Waals surface area contributed by atoms with Crippen LogP contribution in [0.1, 0.15) is 23.8 Å². The van der Waals surface area contributed by atoms with E-state index in [2.05, 4.69) is 20.3 Å². The fourth-order valence-corrected chi connectivity index (χ4v) is 4.15. The van der Waals surface area contributed by atoms with Gasteiger partial charge in [-0.25, -0.2) is 15.0 Å². The van der Waals surface area contributed by atoms with Crippen molar-refractivity contribution in [1.29, 1.82) is 0 Å². The van der Waals surface area contributed by atoms with Gasteiger partial charge in [-0.3, -0.25) is 9.36 Å². The predicted octanol–water partition coefficient (Wildman–Crippen LogP) is 2.65. The Kier molecular flexibility index (Phi) is 6.72. The van der Waals surface area contributed by atoms with E-state index in [1.807, 2.05) is 42.5 Å².